The summed E-state index contributed by atoms with van der Waals surface area (Å²) in [5.74, 6) is -1.21. The van der Waals surface area contributed by atoms with E-state index in [0.29, 0.717) is 5.69 Å². The molecule has 0 spiro atoms. The van der Waals surface area contributed by atoms with Crippen molar-refractivity contribution in [1.82, 2.24) is 15.3 Å². The Morgan fingerprint density at radius 3 is 2.26 bits per heavy atom. The van der Waals surface area contributed by atoms with Crippen LogP contribution >= 0.6 is 23.2 Å². The summed E-state index contributed by atoms with van der Waals surface area (Å²) in [6.07, 6.45) is 0.253. The van der Waals surface area contributed by atoms with E-state index >= 15 is 0 Å². The van der Waals surface area contributed by atoms with Gasteiger partial charge in [-0.05, 0) is 25.0 Å². The molecule has 2 rings (SSSR count). The predicted octanol–water partition coefficient (Wildman–Crippen LogP) is -2.12. The molecule has 11 nitrogen and oxygen atoms in total. The van der Waals surface area contributed by atoms with E-state index in [2.05, 4.69) is 72.3 Å². The highest BCUT2D eigenvalue weighted by Gasteiger charge is 2.38. The molecule has 0 saturated heterocycles. The van der Waals surface area contributed by atoms with Crippen LogP contribution in [-0.4, -0.2) is 86.5 Å². The van der Waals surface area contributed by atoms with E-state index in [1.807, 2.05) is 5.32 Å². The van der Waals surface area contributed by atoms with E-state index in [4.69, 9.17) is 27.9 Å². The summed E-state index contributed by atoms with van der Waals surface area (Å²) in [7, 11) is 12.4. The maximum absolute atomic E-state index is 12.0. The SMILES string of the molecule is BC(B)(B)C(c1nc(Oc2c(Cl)cc(N/N=C(\C#N)C(=O)NC(=O)OCC)cc2Cl)ncc1O)C(B)(B)B. The highest BCUT2D eigenvalue weighted by Crippen LogP contribution is 2.48. The molecule has 3 N–H and O–H groups in total. The van der Waals surface area contributed by atoms with Crippen LogP contribution in [0.5, 0.6) is 17.5 Å². The first-order valence-corrected chi connectivity index (χ1v) is 12.3. The zero-order valence-corrected chi connectivity index (χ0v) is 23.7. The number of hydrazone groups is 1. The van der Waals surface area contributed by atoms with Crippen LogP contribution in [0.15, 0.2) is 23.4 Å². The number of hydrogen-bond acceptors (Lipinski definition) is 10. The number of nitriles is 1. The van der Waals surface area contributed by atoms with Gasteiger partial charge in [-0.1, -0.05) is 23.2 Å². The number of anilines is 1. The number of nitrogens with zero attached hydrogens (tertiary/aromatic N) is 4. The number of halogens is 2. The van der Waals surface area contributed by atoms with Crippen molar-refractivity contribution in [2.75, 3.05) is 12.0 Å². The van der Waals surface area contributed by atoms with Gasteiger partial charge < -0.3 is 14.6 Å². The Morgan fingerprint density at radius 1 is 1.18 bits per heavy atom. The molecule has 0 bridgehead atoms. The van der Waals surface area contributed by atoms with Crippen LogP contribution in [0.2, 0.25) is 20.3 Å². The Hall–Kier alpha value is -3.23. The molecular formula is C19H24B6Cl2N6O5. The van der Waals surface area contributed by atoms with Crippen molar-refractivity contribution in [2.45, 2.75) is 23.1 Å². The first kappa shape index (κ1) is 31.0. The lowest BCUT2D eigenvalue weighted by molar-refractivity contribution is -0.114. The second-order valence-electron chi connectivity index (χ2n) is 10.3. The van der Waals surface area contributed by atoms with Gasteiger partial charge in [-0.2, -0.15) is 20.3 Å². The first-order chi connectivity index (χ1) is 17.6. The number of amides is 2. The van der Waals surface area contributed by atoms with E-state index in [-0.39, 0.29) is 56.0 Å². The lowest BCUT2D eigenvalue weighted by Gasteiger charge is -2.41. The van der Waals surface area contributed by atoms with Gasteiger partial charge in [0, 0.05) is 0 Å². The number of alkyl carbamates (subject to hydrolysis) is 1. The number of ether oxygens (including phenoxy) is 2. The van der Waals surface area contributed by atoms with Crippen molar-refractivity contribution in [3.63, 3.8) is 0 Å². The normalized spacial score (nSPS) is 11.9. The minimum absolute atomic E-state index is 0.0446. The maximum Gasteiger partial charge on any atom is 0.414 e. The molecule has 0 fully saturated rings. The molecule has 0 atom stereocenters. The van der Waals surface area contributed by atoms with Gasteiger partial charge in [-0.15, -0.1) is 10.2 Å². The number of imide groups is 1. The molecule has 0 aliphatic rings. The van der Waals surface area contributed by atoms with Crippen molar-refractivity contribution in [3.05, 3.63) is 34.1 Å². The largest absolute Gasteiger partial charge is 0.504 e. The van der Waals surface area contributed by atoms with Crippen LogP contribution < -0.4 is 15.5 Å². The number of benzene rings is 1. The van der Waals surface area contributed by atoms with Gasteiger partial charge in [0.05, 0.1) is 81.3 Å². The molecule has 0 unspecified atom stereocenters. The van der Waals surface area contributed by atoms with Gasteiger partial charge >= 0.3 is 12.1 Å². The van der Waals surface area contributed by atoms with Crippen LogP contribution in [0.1, 0.15) is 18.5 Å². The Kier molecular flexibility index (Phi) is 10.2. The average Bonchev–Trinajstić information content (AvgIpc) is 2.77. The summed E-state index contributed by atoms with van der Waals surface area (Å²) in [5, 5.41) is 24.9. The Morgan fingerprint density at radius 2 is 1.76 bits per heavy atom. The second-order valence-corrected chi connectivity index (χ2v) is 11.1. The van der Waals surface area contributed by atoms with E-state index in [1.54, 1.807) is 13.0 Å². The summed E-state index contributed by atoms with van der Waals surface area (Å²) in [6, 6.07) is 4.28. The fourth-order valence-corrected chi connectivity index (χ4v) is 4.70. The lowest BCUT2D eigenvalue weighted by Crippen LogP contribution is -2.36. The number of nitrogens with one attached hydrogen (secondary N) is 2. The summed E-state index contributed by atoms with van der Waals surface area (Å²) in [4.78, 5) is 31.9. The van der Waals surface area contributed by atoms with Gasteiger partial charge in [0.2, 0.25) is 5.71 Å². The molecule has 2 aromatic rings. The summed E-state index contributed by atoms with van der Waals surface area (Å²) in [6.45, 7) is 1.61. The van der Waals surface area contributed by atoms with Gasteiger partial charge in [0.15, 0.2) is 11.5 Å². The number of aromatic hydroxyl groups is 1. The van der Waals surface area contributed by atoms with Crippen molar-refractivity contribution in [3.8, 4) is 23.6 Å². The molecule has 0 aliphatic heterocycles. The van der Waals surface area contributed by atoms with Crippen LogP contribution in [0.4, 0.5) is 10.5 Å². The number of carbonyl (C=O) groups is 2. The van der Waals surface area contributed by atoms with E-state index in [0.717, 1.165) is 0 Å². The molecule has 19 heteroatoms. The van der Waals surface area contributed by atoms with Crippen molar-refractivity contribution < 1.29 is 24.2 Å². The van der Waals surface area contributed by atoms with E-state index in [1.165, 1.54) is 18.3 Å². The third-order valence-corrected chi connectivity index (χ3v) is 5.64. The predicted molar refractivity (Wildman–Crippen MR) is 161 cm³/mol. The number of aromatic nitrogens is 2. The van der Waals surface area contributed by atoms with Crippen LogP contribution in [0, 0.1) is 11.3 Å². The third-order valence-electron chi connectivity index (χ3n) is 5.08. The number of hydrogen-bond donors (Lipinski definition) is 3. The third kappa shape index (κ3) is 8.13. The quantitative estimate of drug-likeness (QED) is 0.180. The van der Waals surface area contributed by atoms with Crippen LogP contribution in [0.25, 0.3) is 0 Å². The topological polar surface area (TPSA) is 159 Å². The Balaban J connectivity index is 2.32. The summed E-state index contributed by atoms with van der Waals surface area (Å²) >= 11 is 12.7. The maximum atomic E-state index is 12.0. The molecule has 0 radical (unpaired) electrons. The molecule has 0 saturated carbocycles. The Bertz CT molecular complexity index is 1260. The van der Waals surface area contributed by atoms with Crippen molar-refractivity contribution in [2.24, 2.45) is 5.10 Å². The molecule has 1 aromatic carbocycles. The minimum Gasteiger partial charge on any atom is -0.504 e. The van der Waals surface area contributed by atoms with Gasteiger partial charge in [0.25, 0.3) is 5.91 Å². The van der Waals surface area contributed by atoms with Crippen molar-refractivity contribution >= 4 is 93.7 Å². The first-order valence-electron chi connectivity index (χ1n) is 11.5. The zero-order chi connectivity index (χ0) is 28.8. The highest BCUT2D eigenvalue weighted by molar-refractivity contribution is 6.64. The minimum atomic E-state index is -1.06. The van der Waals surface area contributed by atoms with E-state index < -0.39 is 17.7 Å². The smallest absolute Gasteiger partial charge is 0.414 e. The average molecular weight is 552 g/mol. The molecule has 38 heavy (non-hydrogen) atoms. The molecule has 0 aliphatic carbocycles. The van der Waals surface area contributed by atoms with Crippen LogP contribution in [0.3, 0.4) is 0 Å². The van der Waals surface area contributed by atoms with Gasteiger partial charge in [0.1, 0.15) is 6.07 Å². The monoisotopic (exact) mass is 552 g/mol. The fraction of sp³-hybridized carbons (Fsp3) is 0.263. The van der Waals surface area contributed by atoms with Gasteiger partial charge in [-0.3, -0.25) is 15.5 Å². The second kappa shape index (κ2) is 12.5. The zero-order valence-electron chi connectivity index (χ0n) is 22.1. The van der Waals surface area contributed by atoms with Crippen molar-refractivity contribution in [1.29, 1.82) is 5.26 Å². The van der Waals surface area contributed by atoms with E-state index in [9.17, 15) is 20.0 Å². The molecule has 192 valence electrons. The fourth-order valence-electron chi connectivity index (χ4n) is 4.13. The molecular weight excluding hydrogens is 528 g/mol. The Labute approximate surface area is 235 Å². The number of carbonyl (C=O) groups excluding carboxylic acids is 2. The highest BCUT2D eigenvalue weighted by atomic mass is 35.5. The molecule has 2 amide bonds. The molecule has 1 aromatic heterocycles. The summed E-state index contributed by atoms with van der Waals surface area (Å²) < 4.78 is 10.4. The molecule has 1 heterocycles. The van der Waals surface area contributed by atoms with Gasteiger partial charge in [-0.25, -0.2) is 4.79 Å². The lowest BCUT2D eigenvalue weighted by atomic mass is 9.25. The number of rotatable bonds is 9. The summed E-state index contributed by atoms with van der Waals surface area (Å²) in [5.41, 5.74) is 2.50. The van der Waals surface area contributed by atoms with Crippen LogP contribution in [-0.2, 0) is 9.53 Å². The standard InChI is InChI=1S/C19H24B6Cl2N6O5/c1-2-37-17(36)31-15(35)10(5-28)33-32-7-3-8(26)13(9(27)4-7)38-16-29-6-11(34)12(30-16)14(18(20,21)22)19(23,24)25/h3-4,6,14,32,34H,2,20-25H2,1H3,(H,31,35,36)/b33-10+.